The zero-order chi connectivity index (χ0) is 16.8. The molecule has 0 spiro atoms. The van der Waals surface area contributed by atoms with Gasteiger partial charge in [-0.25, -0.2) is 4.79 Å². The molecule has 3 N–H and O–H groups in total. The van der Waals surface area contributed by atoms with Gasteiger partial charge in [-0.05, 0) is 18.3 Å². The molecular formula is C15H26N2O5. The molecule has 2 amide bonds. The van der Waals surface area contributed by atoms with E-state index in [1.807, 2.05) is 20.8 Å². The summed E-state index contributed by atoms with van der Waals surface area (Å²) in [4.78, 5) is 34.8. The third kappa shape index (κ3) is 6.89. The van der Waals surface area contributed by atoms with Crippen LogP contribution in [0.15, 0.2) is 0 Å². The highest BCUT2D eigenvalue weighted by Gasteiger charge is 2.31. The summed E-state index contributed by atoms with van der Waals surface area (Å²) >= 11 is 0. The summed E-state index contributed by atoms with van der Waals surface area (Å²) in [7, 11) is 0. The topological polar surface area (TPSA) is 105 Å². The first kappa shape index (κ1) is 18.4. The molecule has 0 radical (unpaired) electrons. The van der Waals surface area contributed by atoms with Gasteiger partial charge in [-0.1, -0.05) is 20.8 Å². The number of nitrogens with one attached hydrogen (secondary N) is 2. The molecule has 126 valence electrons. The predicted molar refractivity (Wildman–Crippen MR) is 80.2 cm³/mol. The maximum atomic E-state index is 11.8. The van der Waals surface area contributed by atoms with Crippen LogP contribution in [0.4, 0.5) is 0 Å². The van der Waals surface area contributed by atoms with E-state index < -0.39 is 17.9 Å². The lowest BCUT2D eigenvalue weighted by Crippen LogP contribution is -2.51. The average Bonchev–Trinajstić information content (AvgIpc) is 2.41. The number of rotatable bonds is 6. The molecule has 0 bridgehead atoms. The smallest absolute Gasteiger partial charge is 0.326 e. The van der Waals surface area contributed by atoms with E-state index in [4.69, 9.17) is 4.74 Å². The molecule has 1 aliphatic rings. The van der Waals surface area contributed by atoms with Crippen LogP contribution in [-0.2, 0) is 19.1 Å². The number of hydrogen-bond acceptors (Lipinski definition) is 4. The van der Waals surface area contributed by atoms with E-state index >= 15 is 0 Å². The molecule has 0 aromatic carbocycles. The molecule has 0 aromatic heterocycles. The van der Waals surface area contributed by atoms with Crippen molar-refractivity contribution >= 4 is 17.8 Å². The summed E-state index contributed by atoms with van der Waals surface area (Å²) in [6.45, 7) is 6.52. The van der Waals surface area contributed by atoms with Crippen molar-refractivity contribution in [2.75, 3.05) is 19.8 Å². The lowest BCUT2D eigenvalue weighted by atomic mass is 9.92. The van der Waals surface area contributed by atoms with Crippen LogP contribution in [0.25, 0.3) is 0 Å². The van der Waals surface area contributed by atoms with Gasteiger partial charge in [0.2, 0.25) is 11.8 Å². The minimum atomic E-state index is -1.08. The van der Waals surface area contributed by atoms with E-state index in [2.05, 4.69) is 10.6 Å². The quantitative estimate of drug-likeness (QED) is 0.663. The Kier molecular flexibility index (Phi) is 6.80. The van der Waals surface area contributed by atoms with Crippen LogP contribution >= 0.6 is 0 Å². The standard InChI is InChI=1S/C15H26N2O5/c1-15(2,3)7-11(18)16-8-12(19)17-13(14(20)21)10-5-4-6-22-9-10/h10,13H,4-9H2,1-3H3,(H,16,18)(H,17,19)(H,20,21). The zero-order valence-corrected chi connectivity index (χ0v) is 13.5. The van der Waals surface area contributed by atoms with Gasteiger partial charge >= 0.3 is 5.97 Å². The monoisotopic (exact) mass is 314 g/mol. The maximum absolute atomic E-state index is 11.8. The van der Waals surface area contributed by atoms with Crippen molar-refractivity contribution in [2.24, 2.45) is 11.3 Å². The first-order valence-corrected chi connectivity index (χ1v) is 7.55. The maximum Gasteiger partial charge on any atom is 0.326 e. The van der Waals surface area contributed by atoms with Crippen molar-refractivity contribution in [3.63, 3.8) is 0 Å². The van der Waals surface area contributed by atoms with Crippen LogP contribution in [0.2, 0.25) is 0 Å². The van der Waals surface area contributed by atoms with Gasteiger partial charge < -0.3 is 20.5 Å². The van der Waals surface area contributed by atoms with Crippen molar-refractivity contribution in [1.29, 1.82) is 0 Å². The number of carbonyl (C=O) groups excluding carboxylic acids is 2. The van der Waals surface area contributed by atoms with Crippen LogP contribution in [0.3, 0.4) is 0 Å². The largest absolute Gasteiger partial charge is 0.480 e. The van der Waals surface area contributed by atoms with E-state index in [1.165, 1.54) is 0 Å². The molecule has 1 heterocycles. The molecule has 1 rings (SSSR count). The number of carboxylic acid groups (broad SMARTS) is 1. The van der Waals surface area contributed by atoms with Crippen LogP contribution in [0, 0.1) is 11.3 Å². The van der Waals surface area contributed by atoms with Gasteiger partial charge in [0, 0.05) is 18.9 Å². The van der Waals surface area contributed by atoms with E-state index in [9.17, 15) is 19.5 Å². The fourth-order valence-electron chi connectivity index (χ4n) is 2.36. The molecule has 0 aromatic rings. The molecule has 0 saturated carbocycles. The Bertz CT molecular complexity index is 411. The number of carbonyl (C=O) groups is 3. The fourth-order valence-corrected chi connectivity index (χ4v) is 2.36. The van der Waals surface area contributed by atoms with Crippen molar-refractivity contribution < 1.29 is 24.2 Å². The number of amides is 2. The van der Waals surface area contributed by atoms with Crippen molar-refractivity contribution in [1.82, 2.24) is 10.6 Å². The Hall–Kier alpha value is -1.63. The van der Waals surface area contributed by atoms with Crippen molar-refractivity contribution in [3.8, 4) is 0 Å². The lowest BCUT2D eigenvalue weighted by Gasteiger charge is -2.28. The van der Waals surface area contributed by atoms with Crippen molar-refractivity contribution in [3.05, 3.63) is 0 Å². The minimum absolute atomic E-state index is 0.163. The van der Waals surface area contributed by atoms with Gasteiger partial charge in [-0.15, -0.1) is 0 Å². The summed E-state index contributed by atoms with van der Waals surface area (Å²) in [6.07, 6.45) is 1.79. The molecule has 22 heavy (non-hydrogen) atoms. The highest BCUT2D eigenvalue weighted by Crippen LogP contribution is 2.18. The highest BCUT2D eigenvalue weighted by atomic mass is 16.5. The Morgan fingerprint density at radius 1 is 1.27 bits per heavy atom. The number of hydrogen-bond donors (Lipinski definition) is 3. The van der Waals surface area contributed by atoms with Crippen LogP contribution in [-0.4, -0.2) is 48.7 Å². The Labute approximate surface area is 130 Å². The summed E-state index contributed by atoms with van der Waals surface area (Å²) in [6, 6.07) is -0.979. The molecule has 7 heteroatoms. The lowest BCUT2D eigenvalue weighted by molar-refractivity contribution is -0.145. The van der Waals surface area contributed by atoms with Crippen LogP contribution < -0.4 is 10.6 Å². The average molecular weight is 314 g/mol. The van der Waals surface area contributed by atoms with Gasteiger partial charge in [0.25, 0.3) is 0 Å². The van der Waals surface area contributed by atoms with Gasteiger partial charge in [-0.3, -0.25) is 9.59 Å². The molecule has 1 saturated heterocycles. The number of aliphatic carboxylic acids is 1. The normalized spacial score (nSPS) is 20.0. The first-order valence-electron chi connectivity index (χ1n) is 7.55. The summed E-state index contributed by atoms with van der Waals surface area (Å²) in [5.74, 6) is -2.04. The molecule has 1 fully saturated rings. The van der Waals surface area contributed by atoms with E-state index in [1.54, 1.807) is 0 Å². The van der Waals surface area contributed by atoms with E-state index in [0.29, 0.717) is 26.1 Å². The third-order valence-corrected chi connectivity index (χ3v) is 3.39. The van der Waals surface area contributed by atoms with E-state index in [0.717, 1.165) is 6.42 Å². The van der Waals surface area contributed by atoms with Gasteiger partial charge in [0.05, 0.1) is 13.2 Å². The first-order chi connectivity index (χ1) is 10.2. The third-order valence-electron chi connectivity index (χ3n) is 3.39. The van der Waals surface area contributed by atoms with Gasteiger partial charge in [0.15, 0.2) is 0 Å². The van der Waals surface area contributed by atoms with E-state index in [-0.39, 0.29) is 23.8 Å². The molecule has 2 unspecified atom stereocenters. The minimum Gasteiger partial charge on any atom is -0.480 e. The highest BCUT2D eigenvalue weighted by molar-refractivity contribution is 5.88. The van der Waals surface area contributed by atoms with Crippen LogP contribution in [0.1, 0.15) is 40.0 Å². The fraction of sp³-hybridized carbons (Fsp3) is 0.800. The summed E-state index contributed by atoms with van der Waals surface area (Å²) in [5, 5.41) is 14.2. The molecule has 2 atom stereocenters. The van der Waals surface area contributed by atoms with Gasteiger partial charge in [-0.2, -0.15) is 0 Å². The Morgan fingerprint density at radius 3 is 2.45 bits per heavy atom. The van der Waals surface area contributed by atoms with Crippen molar-refractivity contribution in [2.45, 2.75) is 46.1 Å². The predicted octanol–water partition coefficient (Wildman–Crippen LogP) is 0.535. The molecule has 7 nitrogen and oxygen atoms in total. The molecule has 1 aliphatic heterocycles. The second-order valence-electron chi connectivity index (χ2n) is 6.87. The number of ether oxygens (including phenoxy) is 1. The number of carboxylic acids is 1. The second-order valence-corrected chi connectivity index (χ2v) is 6.87. The zero-order valence-electron chi connectivity index (χ0n) is 13.5. The summed E-state index contributed by atoms with van der Waals surface area (Å²) < 4.78 is 5.26. The second kappa shape index (κ2) is 8.12. The molecular weight excluding hydrogens is 288 g/mol. The Morgan fingerprint density at radius 2 is 1.95 bits per heavy atom. The van der Waals surface area contributed by atoms with Crippen LogP contribution in [0.5, 0.6) is 0 Å². The van der Waals surface area contributed by atoms with Gasteiger partial charge in [0.1, 0.15) is 6.04 Å². The Balaban J connectivity index is 2.43. The summed E-state index contributed by atoms with van der Waals surface area (Å²) in [5.41, 5.74) is -0.163. The molecule has 0 aliphatic carbocycles. The SMILES string of the molecule is CC(C)(C)CC(=O)NCC(=O)NC(C(=O)O)C1CCCOC1.